The van der Waals surface area contributed by atoms with Gasteiger partial charge in [-0.1, -0.05) is 6.07 Å². The number of benzene rings is 1. The van der Waals surface area contributed by atoms with E-state index in [0.29, 0.717) is 50.0 Å². The van der Waals surface area contributed by atoms with Crippen LogP contribution in [0, 0.1) is 5.92 Å². The Kier molecular flexibility index (Phi) is 6.33. The molecule has 2 amide bonds. The van der Waals surface area contributed by atoms with Crippen molar-refractivity contribution in [1.82, 2.24) is 19.4 Å². The van der Waals surface area contributed by atoms with E-state index in [9.17, 15) is 22.8 Å². The van der Waals surface area contributed by atoms with E-state index in [1.165, 1.54) is 6.07 Å². The number of primary amides is 1. The number of alkyl halides is 3. The number of carbonyl (C=O) groups is 2. The van der Waals surface area contributed by atoms with Gasteiger partial charge in [0.2, 0.25) is 11.8 Å². The quantitative estimate of drug-likeness (QED) is 0.562. The van der Waals surface area contributed by atoms with Crippen molar-refractivity contribution in [3.05, 3.63) is 59.9 Å². The predicted molar refractivity (Wildman–Crippen MR) is 128 cm³/mol. The Morgan fingerprint density at radius 2 is 1.78 bits per heavy atom. The molecule has 0 unspecified atom stereocenters. The third kappa shape index (κ3) is 5.01. The number of hydrogen-bond acceptors (Lipinski definition) is 5. The highest BCUT2D eigenvalue weighted by Crippen LogP contribution is 2.29. The molecule has 5 rings (SSSR count). The van der Waals surface area contributed by atoms with Gasteiger partial charge in [-0.05, 0) is 35.7 Å². The first-order valence-electron chi connectivity index (χ1n) is 11.8. The number of hydrogen-bond donors (Lipinski definition) is 1. The van der Waals surface area contributed by atoms with Crippen LogP contribution in [0.2, 0.25) is 0 Å². The average Bonchev–Trinajstić information content (AvgIpc) is 3.24. The van der Waals surface area contributed by atoms with Gasteiger partial charge in [0.25, 0.3) is 0 Å². The molecule has 0 atom stereocenters. The minimum atomic E-state index is -4.41. The van der Waals surface area contributed by atoms with Gasteiger partial charge in [0.15, 0.2) is 0 Å². The number of likely N-dealkylation sites (tertiary alicyclic amines) is 1. The minimum Gasteiger partial charge on any atom is -0.366 e. The summed E-state index contributed by atoms with van der Waals surface area (Å²) in [5.41, 5.74) is 6.10. The number of fused-ring (bicyclic) bond motifs is 1. The molecule has 2 saturated heterocycles. The summed E-state index contributed by atoms with van der Waals surface area (Å²) in [4.78, 5) is 34.1. The third-order valence-corrected chi connectivity index (χ3v) is 6.94. The van der Waals surface area contributed by atoms with Crippen LogP contribution in [0.3, 0.4) is 0 Å². The zero-order valence-electron chi connectivity index (χ0n) is 19.6. The number of amides is 2. The fourth-order valence-electron chi connectivity index (χ4n) is 4.91. The number of carbonyl (C=O) groups excluding carboxylic acids is 2. The molecule has 4 heterocycles. The van der Waals surface area contributed by atoms with Gasteiger partial charge in [0.05, 0.1) is 12.1 Å². The molecule has 0 radical (unpaired) electrons. The molecule has 0 aliphatic carbocycles. The monoisotopic (exact) mass is 500 g/mol. The van der Waals surface area contributed by atoms with Crippen molar-refractivity contribution in [3.63, 3.8) is 0 Å². The van der Waals surface area contributed by atoms with Crippen molar-refractivity contribution in [1.29, 1.82) is 0 Å². The molecule has 2 N–H and O–H groups in total. The normalized spacial score (nSPS) is 17.4. The molecule has 0 saturated carbocycles. The second kappa shape index (κ2) is 9.45. The zero-order chi connectivity index (χ0) is 25.4. The molecule has 0 bridgehead atoms. The Morgan fingerprint density at radius 1 is 1.03 bits per heavy atom. The van der Waals surface area contributed by atoms with Crippen LogP contribution in [-0.4, -0.2) is 77.0 Å². The molecule has 2 aliphatic heterocycles. The molecule has 190 valence electrons. The summed E-state index contributed by atoms with van der Waals surface area (Å²) in [6, 6.07) is 9.87. The van der Waals surface area contributed by atoms with Gasteiger partial charge < -0.3 is 20.1 Å². The SMILES string of the molecule is NC(=O)c1ccc2ccn(CC3CN(CC(=O)N4CCN(c5ccc(C(F)(F)F)cn5)CC4)C3)c2c1. The summed E-state index contributed by atoms with van der Waals surface area (Å²) in [5, 5.41) is 1.05. The Bertz CT molecular complexity index is 1260. The van der Waals surface area contributed by atoms with E-state index in [1.54, 1.807) is 11.0 Å². The summed E-state index contributed by atoms with van der Waals surface area (Å²) >= 11 is 0. The summed E-state index contributed by atoms with van der Waals surface area (Å²) in [5.74, 6) is 0.509. The Labute approximate surface area is 206 Å². The van der Waals surface area contributed by atoms with Gasteiger partial charge in [0.1, 0.15) is 5.82 Å². The van der Waals surface area contributed by atoms with Crippen LogP contribution < -0.4 is 10.6 Å². The van der Waals surface area contributed by atoms with Crippen molar-refractivity contribution >= 4 is 28.5 Å². The van der Waals surface area contributed by atoms with Gasteiger partial charge in [-0.25, -0.2) is 4.98 Å². The topological polar surface area (TPSA) is 87.7 Å². The van der Waals surface area contributed by atoms with Gasteiger partial charge in [-0.2, -0.15) is 13.2 Å². The molecule has 8 nitrogen and oxygen atoms in total. The standard InChI is InChI=1S/C25H27F3N6O2/c26-25(27,28)20-3-4-22(30-12-20)32-7-9-33(10-8-32)23(35)16-31-13-17(14-31)15-34-6-5-18-1-2-19(24(29)36)11-21(18)34/h1-6,11-12,17H,7-10,13-16H2,(H2,29,36). The number of halogens is 3. The fourth-order valence-corrected chi connectivity index (χ4v) is 4.91. The van der Waals surface area contributed by atoms with Crippen LogP contribution in [0.15, 0.2) is 48.8 Å². The number of rotatable bonds is 6. The number of pyridine rings is 1. The Morgan fingerprint density at radius 3 is 2.42 bits per heavy atom. The van der Waals surface area contributed by atoms with Crippen LogP contribution in [-0.2, 0) is 17.5 Å². The van der Waals surface area contributed by atoms with Gasteiger partial charge in [0, 0.05) is 75.2 Å². The molecule has 0 spiro atoms. The maximum absolute atomic E-state index is 12.8. The summed E-state index contributed by atoms with van der Waals surface area (Å²) in [6.07, 6.45) is -1.55. The van der Waals surface area contributed by atoms with E-state index >= 15 is 0 Å². The van der Waals surface area contributed by atoms with Crippen LogP contribution in [0.25, 0.3) is 10.9 Å². The van der Waals surface area contributed by atoms with E-state index in [0.717, 1.165) is 42.8 Å². The lowest BCUT2D eigenvalue weighted by atomic mass is 10.00. The molecule has 11 heteroatoms. The molecule has 2 aliphatic rings. The van der Waals surface area contributed by atoms with Crippen LogP contribution in [0.4, 0.5) is 19.0 Å². The zero-order valence-corrected chi connectivity index (χ0v) is 19.6. The average molecular weight is 501 g/mol. The highest BCUT2D eigenvalue weighted by atomic mass is 19.4. The van der Waals surface area contributed by atoms with Crippen molar-refractivity contribution in [2.24, 2.45) is 11.7 Å². The fraction of sp³-hybridized carbons (Fsp3) is 0.400. The lowest BCUT2D eigenvalue weighted by Gasteiger charge is -2.41. The van der Waals surface area contributed by atoms with Crippen LogP contribution >= 0.6 is 0 Å². The van der Waals surface area contributed by atoms with Crippen LogP contribution in [0.5, 0.6) is 0 Å². The van der Waals surface area contributed by atoms with E-state index in [2.05, 4.69) is 14.5 Å². The van der Waals surface area contributed by atoms with Crippen molar-refractivity contribution in [2.45, 2.75) is 12.7 Å². The molecule has 2 fully saturated rings. The van der Waals surface area contributed by atoms with E-state index < -0.39 is 17.6 Å². The van der Waals surface area contributed by atoms with Crippen molar-refractivity contribution < 1.29 is 22.8 Å². The number of piperazine rings is 1. The summed E-state index contributed by atoms with van der Waals surface area (Å²) in [6.45, 7) is 4.86. The number of nitrogens with two attached hydrogens (primary N) is 1. The number of nitrogens with zero attached hydrogens (tertiary/aromatic N) is 5. The molecule has 2 aromatic heterocycles. The smallest absolute Gasteiger partial charge is 0.366 e. The Hall–Kier alpha value is -3.60. The van der Waals surface area contributed by atoms with Gasteiger partial charge >= 0.3 is 6.18 Å². The maximum atomic E-state index is 12.8. The second-order valence-electron chi connectivity index (χ2n) is 9.44. The first kappa shape index (κ1) is 24.1. The highest BCUT2D eigenvalue weighted by Gasteiger charge is 2.32. The van der Waals surface area contributed by atoms with E-state index in [4.69, 9.17) is 5.73 Å². The first-order chi connectivity index (χ1) is 17.2. The number of aromatic nitrogens is 2. The number of anilines is 1. The summed E-state index contributed by atoms with van der Waals surface area (Å²) < 4.78 is 40.4. The lowest BCUT2D eigenvalue weighted by Crippen LogP contribution is -2.55. The van der Waals surface area contributed by atoms with E-state index in [-0.39, 0.29) is 5.91 Å². The molecule has 1 aromatic carbocycles. The van der Waals surface area contributed by atoms with Gasteiger partial charge in [-0.3, -0.25) is 14.5 Å². The predicted octanol–water partition coefficient (Wildman–Crippen LogP) is 2.43. The second-order valence-corrected chi connectivity index (χ2v) is 9.44. The Balaban J connectivity index is 1.08. The van der Waals surface area contributed by atoms with Crippen molar-refractivity contribution in [3.8, 4) is 0 Å². The third-order valence-electron chi connectivity index (χ3n) is 6.94. The van der Waals surface area contributed by atoms with Gasteiger partial charge in [-0.15, -0.1) is 0 Å². The molecule has 3 aromatic rings. The van der Waals surface area contributed by atoms with Crippen LogP contribution in [0.1, 0.15) is 15.9 Å². The molecular formula is C25H27F3N6O2. The van der Waals surface area contributed by atoms with Crippen molar-refractivity contribution in [2.75, 3.05) is 50.7 Å². The van der Waals surface area contributed by atoms with E-state index in [1.807, 2.05) is 29.3 Å². The first-order valence-corrected chi connectivity index (χ1v) is 11.8. The maximum Gasteiger partial charge on any atom is 0.417 e. The molecule has 36 heavy (non-hydrogen) atoms. The lowest BCUT2D eigenvalue weighted by molar-refractivity contribution is -0.138. The minimum absolute atomic E-state index is 0.0611. The summed E-state index contributed by atoms with van der Waals surface area (Å²) in [7, 11) is 0. The largest absolute Gasteiger partial charge is 0.417 e. The molecular weight excluding hydrogens is 473 g/mol. The highest BCUT2D eigenvalue weighted by molar-refractivity contribution is 5.97.